The first-order valence-electron chi connectivity index (χ1n) is 23.5. The van der Waals surface area contributed by atoms with E-state index in [0.29, 0.717) is 38.9 Å². The van der Waals surface area contributed by atoms with Crippen molar-refractivity contribution >= 4 is 0 Å². The molecule has 17 heteroatoms. The topological polar surface area (TPSA) is 218 Å². The molecule has 3 aliphatic heterocycles. The van der Waals surface area contributed by atoms with Gasteiger partial charge >= 0.3 is 0 Å². The SMILES string of the molecule is CC[C@H]1OC(O)[C@H](C)[C@@H](C2C[C@@](C)(OC)[C@@H](O)[C@H](C)O2)[C@H](C)[C@@H](O[C@@H]2O[C@H](C)C[C@H](N(C)CCc3cn(Cc4ccncc4)nn3)[C@H]2O)[C@](C)(O)C[C@@H](C)CN(C)[C@H](C)[C@@H](O)[C@]1(C)O. The Kier molecular flexibility index (Phi) is 18.0. The number of aromatic nitrogens is 4. The van der Waals surface area contributed by atoms with Crippen molar-refractivity contribution in [3.63, 3.8) is 0 Å². The van der Waals surface area contributed by atoms with Gasteiger partial charge in [-0.25, -0.2) is 4.68 Å². The van der Waals surface area contributed by atoms with Crippen LogP contribution < -0.4 is 0 Å². The first-order chi connectivity index (χ1) is 29.9. The fourth-order valence-corrected chi connectivity index (χ4v) is 11.0. The minimum Gasteiger partial charge on any atom is -0.388 e. The van der Waals surface area contributed by atoms with E-state index >= 15 is 0 Å². The van der Waals surface area contributed by atoms with E-state index < -0.39 is 95.9 Å². The minimum absolute atomic E-state index is 0.140. The summed E-state index contributed by atoms with van der Waals surface area (Å²) in [7, 11) is 5.39. The van der Waals surface area contributed by atoms with Crippen molar-refractivity contribution in [2.75, 3.05) is 34.3 Å². The van der Waals surface area contributed by atoms with E-state index in [1.54, 1.807) is 45.0 Å². The van der Waals surface area contributed by atoms with Crippen molar-refractivity contribution in [1.82, 2.24) is 29.8 Å². The second-order valence-electron chi connectivity index (χ2n) is 20.4. The Morgan fingerprint density at radius 2 is 1.59 bits per heavy atom. The molecule has 3 fully saturated rings. The van der Waals surface area contributed by atoms with Gasteiger partial charge in [0, 0.05) is 69.6 Å². The van der Waals surface area contributed by atoms with Crippen LogP contribution in [-0.2, 0) is 36.6 Å². The van der Waals surface area contributed by atoms with Crippen molar-refractivity contribution in [3.05, 3.63) is 42.0 Å². The van der Waals surface area contributed by atoms with Crippen LogP contribution in [0.15, 0.2) is 30.7 Å². The molecule has 0 spiro atoms. The summed E-state index contributed by atoms with van der Waals surface area (Å²) in [6.07, 6.45) is -2.10. The van der Waals surface area contributed by atoms with Crippen LogP contribution in [-0.4, -0.2) is 185 Å². The second kappa shape index (κ2) is 21.8. The normalized spacial score (nSPS) is 43.8. The average molecular weight is 907 g/mol. The standard InChI is InChI=1S/C47H82N6O11/c1-14-37-47(10,59)40(55)31(6)52(12)24-27(2)22-45(8,58)42(29(4)38(30(5)43(57)63-37)36-23-46(9,60-13)41(56)32(7)62-36)64-44-39(54)35(21-28(3)61-44)51(11)20-17-34-26-53(50-49-34)25-33-15-18-48-19-16-33/h15-16,18-19,26-32,35-44,54-59H,14,17,20-25H2,1-13H3/t27-,28-,29+,30-,31-,32+,35+,36?,37-,38+,39-,40-,41+,42-,43?,44+,45-,46-,47-/m1/s1. The van der Waals surface area contributed by atoms with Crippen LogP contribution in [0.25, 0.3) is 0 Å². The summed E-state index contributed by atoms with van der Waals surface area (Å²) >= 11 is 0. The van der Waals surface area contributed by atoms with E-state index in [0.717, 1.165) is 11.3 Å². The Morgan fingerprint density at radius 1 is 0.922 bits per heavy atom. The Hall–Kier alpha value is -2.23. The van der Waals surface area contributed by atoms with Crippen molar-refractivity contribution in [2.45, 2.75) is 198 Å². The van der Waals surface area contributed by atoms with Crippen LogP contribution >= 0.6 is 0 Å². The fourth-order valence-electron chi connectivity index (χ4n) is 11.0. The van der Waals surface area contributed by atoms with Gasteiger partial charge in [-0.15, -0.1) is 5.10 Å². The molecule has 3 aliphatic rings. The lowest BCUT2D eigenvalue weighted by atomic mass is 9.68. The van der Waals surface area contributed by atoms with E-state index in [4.69, 9.17) is 23.7 Å². The van der Waals surface area contributed by atoms with Crippen molar-refractivity contribution in [3.8, 4) is 0 Å². The molecule has 0 aromatic carbocycles. The zero-order valence-electron chi connectivity index (χ0n) is 40.7. The molecule has 64 heavy (non-hydrogen) atoms. The van der Waals surface area contributed by atoms with Crippen molar-refractivity contribution in [2.24, 2.45) is 23.7 Å². The highest BCUT2D eigenvalue weighted by Gasteiger charge is 2.55. The number of likely N-dealkylation sites (N-methyl/N-ethyl adjacent to an activating group) is 2. The minimum atomic E-state index is -1.74. The lowest BCUT2D eigenvalue weighted by molar-refractivity contribution is -0.307. The molecular formula is C47H82N6O11. The van der Waals surface area contributed by atoms with E-state index in [-0.39, 0.29) is 30.9 Å². The average Bonchev–Trinajstić information content (AvgIpc) is 3.69. The Labute approximate surface area is 381 Å². The van der Waals surface area contributed by atoms with E-state index in [1.807, 2.05) is 85.8 Å². The zero-order valence-corrected chi connectivity index (χ0v) is 40.7. The molecule has 5 rings (SSSR count). The molecule has 2 aromatic heterocycles. The number of pyridine rings is 1. The third-order valence-corrected chi connectivity index (χ3v) is 15.0. The summed E-state index contributed by atoms with van der Waals surface area (Å²) in [4.78, 5) is 8.14. The maximum Gasteiger partial charge on any atom is 0.185 e. The quantitative estimate of drug-likeness (QED) is 0.191. The Balaban J connectivity index is 1.48. The third-order valence-electron chi connectivity index (χ3n) is 15.0. The van der Waals surface area contributed by atoms with Crippen LogP contribution in [0.5, 0.6) is 0 Å². The van der Waals surface area contributed by atoms with Crippen molar-refractivity contribution in [1.29, 1.82) is 0 Å². The van der Waals surface area contributed by atoms with Gasteiger partial charge in [0.15, 0.2) is 12.6 Å². The Morgan fingerprint density at radius 3 is 2.23 bits per heavy atom. The van der Waals surface area contributed by atoms with Crippen LogP contribution in [0.1, 0.15) is 106 Å². The monoisotopic (exact) mass is 907 g/mol. The summed E-state index contributed by atoms with van der Waals surface area (Å²) in [5.41, 5.74) is -2.40. The van der Waals surface area contributed by atoms with Gasteiger partial charge in [0.2, 0.25) is 0 Å². The predicted octanol–water partition coefficient (Wildman–Crippen LogP) is 2.61. The largest absolute Gasteiger partial charge is 0.388 e. The molecule has 6 N–H and O–H groups in total. The highest BCUT2D eigenvalue weighted by Crippen LogP contribution is 2.45. The maximum absolute atomic E-state index is 12.9. The summed E-state index contributed by atoms with van der Waals surface area (Å²) in [5, 5.41) is 80.8. The third kappa shape index (κ3) is 12.1. The van der Waals surface area contributed by atoms with Gasteiger partial charge in [0.1, 0.15) is 23.9 Å². The number of ether oxygens (including phenoxy) is 5. The van der Waals surface area contributed by atoms with E-state index in [2.05, 4.69) is 20.2 Å². The first kappa shape index (κ1) is 52.7. The van der Waals surface area contributed by atoms with Gasteiger partial charge in [0.05, 0.1) is 54.0 Å². The van der Waals surface area contributed by atoms with Gasteiger partial charge < -0.3 is 64.1 Å². The molecule has 2 aromatic rings. The predicted molar refractivity (Wildman–Crippen MR) is 240 cm³/mol. The molecule has 2 unspecified atom stereocenters. The number of rotatable bonds is 11. The molecule has 0 amide bonds. The molecular weight excluding hydrogens is 825 g/mol. The smallest absolute Gasteiger partial charge is 0.185 e. The molecule has 0 bridgehead atoms. The highest BCUT2D eigenvalue weighted by atomic mass is 16.7. The summed E-state index contributed by atoms with van der Waals surface area (Å²) < 4.78 is 34.2. The zero-order chi connectivity index (χ0) is 47.5. The lowest BCUT2D eigenvalue weighted by Gasteiger charge is -2.52. The lowest BCUT2D eigenvalue weighted by Crippen LogP contribution is -2.62. The summed E-state index contributed by atoms with van der Waals surface area (Å²) in [6, 6.07) is 3.00. The molecule has 5 heterocycles. The summed E-state index contributed by atoms with van der Waals surface area (Å²) in [5.74, 6) is -2.07. The first-order valence-corrected chi connectivity index (χ1v) is 23.5. The van der Waals surface area contributed by atoms with Crippen LogP contribution in [0, 0.1) is 23.7 Å². The van der Waals surface area contributed by atoms with Crippen molar-refractivity contribution < 1.29 is 54.3 Å². The molecule has 366 valence electrons. The van der Waals surface area contributed by atoms with Gasteiger partial charge in [-0.1, -0.05) is 32.9 Å². The summed E-state index contributed by atoms with van der Waals surface area (Å²) in [6.45, 7) is 20.0. The number of hydrogen-bond acceptors (Lipinski definition) is 16. The number of hydrogen-bond donors (Lipinski definition) is 6. The van der Waals surface area contributed by atoms with E-state index in [1.165, 1.54) is 0 Å². The van der Waals surface area contributed by atoms with Crippen LogP contribution in [0.3, 0.4) is 0 Å². The highest BCUT2D eigenvalue weighted by molar-refractivity contribution is 5.10. The number of aliphatic hydroxyl groups excluding tert-OH is 4. The van der Waals surface area contributed by atoms with Gasteiger partial charge in [-0.3, -0.25) is 4.98 Å². The molecule has 0 radical (unpaired) electrons. The molecule has 3 saturated heterocycles. The molecule has 0 saturated carbocycles. The van der Waals surface area contributed by atoms with Gasteiger partial charge in [0.25, 0.3) is 0 Å². The van der Waals surface area contributed by atoms with E-state index in [9.17, 15) is 30.6 Å². The van der Waals surface area contributed by atoms with Gasteiger partial charge in [-0.05, 0) is 110 Å². The number of nitrogens with zero attached hydrogens (tertiary/aromatic N) is 6. The van der Waals surface area contributed by atoms with Crippen LogP contribution in [0.4, 0.5) is 0 Å². The molecule has 17 nitrogen and oxygen atoms in total. The number of methoxy groups -OCH3 is 1. The molecule has 19 atom stereocenters. The number of aliphatic hydroxyl groups is 6. The van der Waals surface area contributed by atoms with Gasteiger partial charge in [-0.2, -0.15) is 0 Å². The Bertz CT molecular complexity index is 1720. The van der Waals surface area contributed by atoms with Crippen LogP contribution in [0.2, 0.25) is 0 Å². The second-order valence-corrected chi connectivity index (χ2v) is 20.4. The fraction of sp³-hybridized carbons (Fsp3) is 0.851. The molecule has 0 aliphatic carbocycles. The maximum atomic E-state index is 12.9.